The van der Waals surface area contributed by atoms with E-state index in [1.165, 1.54) is 6.08 Å². The van der Waals surface area contributed by atoms with Crippen LogP contribution in [0.3, 0.4) is 0 Å². The summed E-state index contributed by atoms with van der Waals surface area (Å²) in [5.41, 5.74) is 8.10. The van der Waals surface area contributed by atoms with Crippen LogP contribution in [0, 0.1) is 0 Å². The Labute approximate surface area is 129 Å². The van der Waals surface area contributed by atoms with Gasteiger partial charge in [-0.1, -0.05) is 0 Å². The predicted molar refractivity (Wildman–Crippen MR) is 85.4 cm³/mol. The SMILES string of the molecule is CCOC(=O)/C=C/c1cc(C(=O)c2ccc(N)cc2)cn1C. The topological polar surface area (TPSA) is 74.3 Å². The maximum absolute atomic E-state index is 12.4. The van der Waals surface area contributed by atoms with Crippen molar-refractivity contribution in [3.63, 3.8) is 0 Å². The monoisotopic (exact) mass is 298 g/mol. The maximum Gasteiger partial charge on any atom is 0.330 e. The van der Waals surface area contributed by atoms with Crippen molar-refractivity contribution >= 4 is 23.5 Å². The Hall–Kier alpha value is -2.82. The summed E-state index contributed by atoms with van der Waals surface area (Å²) in [4.78, 5) is 23.7. The first-order chi connectivity index (χ1) is 10.5. The molecule has 0 fully saturated rings. The van der Waals surface area contributed by atoms with Gasteiger partial charge in [0, 0.05) is 41.8 Å². The van der Waals surface area contributed by atoms with Crippen LogP contribution in [0.5, 0.6) is 0 Å². The highest BCUT2D eigenvalue weighted by Gasteiger charge is 2.12. The molecule has 5 heteroatoms. The van der Waals surface area contributed by atoms with Crippen molar-refractivity contribution in [1.82, 2.24) is 4.57 Å². The van der Waals surface area contributed by atoms with Crippen molar-refractivity contribution in [2.75, 3.05) is 12.3 Å². The molecule has 2 N–H and O–H groups in total. The second-order valence-electron chi connectivity index (χ2n) is 4.80. The van der Waals surface area contributed by atoms with Crippen LogP contribution in [0.4, 0.5) is 5.69 Å². The second kappa shape index (κ2) is 6.76. The summed E-state index contributed by atoms with van der Waals surface area (Å²) >= 11 is 0. The molecule has 0 bridgehead atoms. The molecule has 0 atom stereocenters. The summed E-state index contributed by atoms with van der Waals surface area (Å²) in [7, 11) is 1.81. The van der Waals surface area contributed by atoms with Gasteiger partial charge in [-0.3, -0.25) is 4.79 Å². The van der Waals surface area contributed by atoms with Gasteiger partial charge in [-0.25, -0.2) is 4.79 Å². The third-order valence-corrected chi connectivity index (χ3v) is 3.16. The number of aromatic nitrogens is 1. The van der Waals surface area contributed by atoms with Crippen LogP contribution in [0.25, 0.3) is 6.08 Å². The summed E-state index contributed by atoms with van der Waals surface area (Å²) in [5.74, 6) is -0.499. The molecule has 0 unspecified atom stereocenters. The van der Waals surface area contributed by atoms with Gasteiger partial charge in [-0.05, 0) is 43.3 Å². The third kappa shape index (κ3) is 3.63. The number of ketones is 1. The Morgan fingerprint density at radius 3 is 2.55 bits per heavy atom. The summed E-state index contributed by atoms with van der Waals surface area (Å²) < 4.78 is 6.60. The molecule has 114 valence electrons. The Bertz CT molecular complexity index is 712. The van der Waals surface area contributed by atoms with Crippen molar-refractivity contribution in [1.29, 1.82) is 0 Å². The van der Waals surface area contributed by atoms with E-state index < -0.39 is 5.97 Å². The number of carbonyl (C=O) groups excluding carboxylic acids is 2. The number of nitrogens with two attached hydrogens (primary N) is 1. The second-order valence-corrected chi connectivity index (χ2v) is 4.80. The lowest BCUT2D eigenvalue weighted by Gasteiger charge is -1.98. The Morgan fingerprint density at radius 2 is 1.91 bits per heavy atom. The van der Waals surface area contributed by atoms with Crippen LogP contribution in [0.1, 0.15) is 28.5 Å². The molecule has 1 heterocycles. The molecule has 1 aromatic carbocycles. The van der Waals surface area contributed by atoms with Gasteiger partial charge in [-0.2, -0.15) is 0 Å². The summed E-state index contributed by atoms with van der Waals surface area (Å²) in [6.07, 6.45) is 4.69. The van der Waals surface area contributed by atoms with Crippen LogP contribution < -0.4 is 5.73 Å². The predicted octanol–water partition coefficient (Wildman–Crippen LogP) is 2.41. The first-order valence-corrected chi connectivity index (χ1v) is 6.92. The molecule has 0 aliphatic heterocycles. The van der Waals surface area contributed by atoms with E-state index in [0.717, 1.165) is 5.69 Å². The zero-order chi connectivity index (χ0) is 16.1. The van der Waals surface area contributed by atoms with Crippen LogP contribution in [-0.2, 0) is 16.6 Å². The van der Waals surface area contributed by atoms with Crippen molar-refractivity contribution < 1.29 is 14.3 Å². The Balaban J connectivity index is 2.20. The number of rotatable bonds is 5. The van der Waals surface area contributed by atoms with E-state index in [2.05, 4.69) is 0 Å². The molecule has 0 aliphatic rings. The maximum atomic E-state index is 12.4. The molecular weight excluding hydrogens is 280 g/mol. The van der Waals surface area contributed by atoms with E-state index in [4.69, 9.17) is 10.5 Å². The minimum absolute atomic E-state index is 0.0913. The van der Waals surface area contributed by atoms with Gasteiger partial charge in [-0.15, -0.1) is 0 Å². The quantitative estimate of drug-likeness (QED) is 0.398. The third-order valence-electron chi connectivity index (χ3n) is 3.16. The zero-order valence-corrected chi connectivity index (χ0v) is 12.6. The largest absolute Gasteiger partial charge is 0.463 e. The number of nitrogens with zero attached hydrogens (tertiary/aromatic N) is 1. The highest BCUT2D eigenvalue weighted by molar-refractivity contribution is 6.09. The van der Waals surface area contributed by atoms with Crippen LogP contribution in [0.15, 0.2) is 42.6 Å². The average molecular weight is 298 g/mol. The summed E-state index contributed by atoms with van der Waals surface area (Å²) in [6.45, 7) is 2.08. The van der Waals surface area contributed by atoms with Gasteiger partial charge >= 0.3 is 5.97 Å². The molecule has 5 nitrogen and oxygen atoms in total. The normalized spacial score (nSPS) is 10.8. The van der Waals surface area contributed by atoms with Crippen molar-refractivity contribution in [2.24, 2.45) is 7.05 Å². The number of nitrogen functional groups attached to an aromatic ring is 1. The van der Waals surface area contributed by atoms with Crippen molar-refractivity contribution in [3.8, 4) is 0 Å². The van der Waals surface area contributed by atoms with E-state index >= 15 is 0 Å². The lowest BCUT2D eigenvalue weighted by molar-refractivity contribution is -0.137. The molecule has 0 radical (unpaired) electrons. The molecule has 1 aromatic heterocycles. The van der Waals surface area contributed by atoms with E-state index in [1.54, 1.807) is 54.1 Å². The first-order valence-electron chi connectivity index (χ1n) is 6.92. The van der Waals surface area contributed by atoms with Gasteiger partial charge in [0.1, 0.15) is 0 Å². The van der Waals surface area contributed by atoms with Gasteiger partial charge < -0.3 is 15.0 Å². The van der Waals surface area contributed by atoms with Gasteiger partial charge in [0.2, 0.25) is 0 Å². The lowest BCUT2D eigenvalue weighted by atomic mass is 10.1. The highest BCUT2D eigenvalue weighted by Crippen LogP contribution is 2.15. The minimum atomic E-state index is -0.407. The van der Waals surface area contributed by atoms with Crippen molar-refractivity contribution in [2.45, 2.75) is 6.92 Å². The average Bonchev–Trinajstić information content (AvgIpc) is 2.87. The number of hydrogen-bond acceptors (Lipinski definition) is 4. The van der Waals surface area contributed by atoms with Gasteiger partial charge in [0.15, 0.2) is 5.78 Å². The number of aryl methyl sites for hydroxylation is 1. The van der Waals surface area contributed by atoms with Crippen LogP contribution in [0.2, 0.25) is 0 Å². The van der Waals surface area contributed by atoms with Crippen molar-refractivity contribution in [3.05, 3.63) is 59.4 Å². The number of carbonyl (C=O) groups is 2. The highest BCUT2D eigenvalue weighted by atomic mass is 16.5. The molecule has 22 heavy (non-hydrogen) atoms. The molecule has 0 saturated heterocycles. The molecule has 2 aromatic rings. The number of hydrogen-bond donors (Lipinski definition) is 1. The standard InChI is InChI=1S/C17H18N2O3/c1-3-22-16(20)9-8-15-10-13(11-19(15)2)17(21)12-4-6-14(18)7-5-12/h4-11H,3,18H2,1-2H3/b9-8+. The smallest absolute Gasteiger partial charge is 0.330 e. The molecule has 0 saturated carbocycles. The number of anilines is 1. The van der Waals surface area contributed by atoms with E-state index in [-0.39, 0.29) is 5.78 Å². The summed E-state index contributed by atoms with van der Waals surface area (Å²) in [5, 5.41) is 0. The van der Waals surface area contributed by atoms with E-state index in [1.807, 2.05) is 7.05 Å². The number of benzene rings is 1. The molecule has 0 spiro atoms. The lowest BCUT2D eigenvalue weighted by Crippen LogP contribution is -2.00. The van der Waals surface area contributed by atoms with E-state index in [0.29, 0.717) is 23.4 Å². The van der Waals surface area contributed by atoms with E-state index in [9.17, 15) is 9.59 Å². The zero-order valence-electron chi connectivity index (χ0n) is 12.6. The van der Waals surface area contributed by atoms with Gasteiger partial charge in [0.05, 0.1) is 6.61 Å². The number of esters is 1. The molecule has 0 amide bonds. The molecule has 2 rings (SSSR count). The Morgan fingerprint density at radius 1 is 1.23 bits per heavy atom. The molecular formula is C17H18N2O3. The van der Waals surface area contributed by atoms with Crippen LogP contribution >= 0.6 is 0 Å². The summed E-state index contributed by atoms with van der Waals surface area (Å²) in [6, 6.07) is 8.50. The van der Waals surface area contributed by atoms with Gasteiger partial charge in [0.25, 0.3) is 0 Å². The number of ether oxygens (including phenoxy) is 1. The minimum Gasteiger partial charge on any atom is -0.463 e. The fraction of sp³-hybridized carbons (Fsp3) is 0.176. The molecule has 0 aliphatic carbocycles. The first kappa shape index (κ1) is 15.6. The fourth-order valence-corrected chi connectivity index (χ4v) is 2.02. The van der Waals surface area contributed by atoms with Crippen LogP contribution in [-0.4, -0.2) is 22.9 Å². The fourth-order valence-electron chi connectivity index (χ4n) is 2.02. The Kier molecular flexibility index (Phi) is 4.78.